The molecule has 0 saturated heterocycles. The summed E-state index contributed by atoms with van der Waals surface area (Å²) >= 11 is 0. The maximum atomic E-state index is 11.0. The second-order valence-corrected chi connectivity index (χ2v) is 3.77. The molecule has 7 nitrogen and oxygen atoms in total. The number of non-ortho nitro benzene ring substituents is 1. The number of benzene rings is 1. The molecule has 1 aromatic rings. The third-order valence-electron chi connectivity index (χ3n) is 2.59. The fourth-order valence-corrected chi connectivity index (χ4v) is 1.58. The van der Waals surface area contributed by atoms with Gasteiger partial charge in [0.2, 0.25) is 0 Å². The summed E-state index contributed by atoms with van der Waals surface area (Å²) in [5, 5.41) is 19.5. The molecule has 0 amide bonds. The lowest BCUT2D eigenvalue weighted by atomic mass is 10.2. The number of nitrogens with zero attached hydrogens (tertiary/aromatic N) is 2. The predicted octanol–water partition coefficient (Wildman–Crippen LogP) is 0.833. The van der Waals surface area contributed by atoms with Crippen molar-refractivity contribution in [2.45, 2.75) is 13.0 Å². The predicted molar refractivity (Wildman–Crippen MR) is 66.6 cm³/mol. The fraction of sp³-hybridized carbons (Fsp3) is 0.364. The van der Waals surface area contributed by atoms with E-state index >= 15 is 0 Å². The Bertz CT molecular complexity index is 432. The van der Waals surface area contributed by atoms with Gasteiger partial charge in [0.25, 0.3) is 5.69 Å². The van der Waals surface area contributed by atoms with Gasteiger partial charge in [-0.3, -0.25) is 10.1 Å². The highest BCUT2D eigenvalue weighted by atomic mass is 16.6. The summed E-state index contributed by atoms with van der Waals surface area (Å²) in [6, 6.07) is 4.98. The van der Waals surface area contributed by atoms with Crippen LogP contribution >= 0.6 is 0 Å². The molecule has 0 aliphatic heterocycles. The second-order valence-electron chi connectivity index (χ2n) is 3.77. The first-order valence-electron chi connectivity index (χ1n) is 5.41. The number of hydrogen-bond acceptors (Lipinski definition) is 5. The minimum absolute atomic E-state index is 0.0329. The Morgan fingerprint density at radius 1 is 1.50 bits per heavy atom. The van der Waals surface area contributed by atoms with Gasteiger partial charge in [0, 0.05) is 30.9 Å². The molecule has 0 aromatic heterocycles. The molecule has 0 spiro atoms. The molecule has 7 heteroatoms. The van der Waals surface area contributed by atoms with Crippen LogP contribution in [0.2, 0.25) is 0 Å². The maximum absolute atomic E-state index is 11.0. The normalized spacial score (nSPS) is 11.9. The van der Waals surface area contributed by atoms with Gasteiger partial charge in [0.05, 0.1) is 4.92 Å². The third-order valence-corrected chi connectivity index (χ3v) is 2.59. The number of anilines is 1. The van der Waals surface area contributed by atoms with E-state index in [1.165, 1.54) is 24.3 Å². The molecule has 0 aliphatic rings. The Kier molecular flexibility index (Phi) is 4.61. The van der Waals surface area contributed by atoms with Crippen molar-refractivity contribution in [3.05, 3.63) is 34.4 Å². The van der Waals surface area contributed by atoms with Crippen LogP contribution < -0.4 is 10.6 Å². The summed E-state index contributed by atoms with van der Waals surface area (Å²) in [4.78, 5) is 22.6. The number of rotatable bonds is 6. The summed E-state index contributed by atoms with van der Waals surface area (Å²) < 4.78 is 0. The van der Waals surface area contributed by atoms with E-state index in [4.69, 9.17) is 10.8 Å². The van der Waals surface area contributed by atoms with E-state index in [1.54, 1.807) is 11.8 Å². The van der Waals surface area contributed by atoms with Gasteiger partial charge < -0.3 is 15.7 Å². The lowest BCUT2D eigenvalue weighted by molar-refractivity contribution is -0.384. The van der Waals surface area contributed by atoms with Crippen molar-refractivity contribution in [2.75, 3.05) is 18.0 Å². The van der Waals surface area contributed by atoms with Crippen molar-refractivity contribution in [3.8, 4) is 0 Å². The average Bonchev–Trinajstić information content (AvgIpc) is 2.35. The lowest BCUT2D eigenvalue weighted by Gasteiger charge is -2.28. The van der Waals surface area contributed by atoms with Crippen LogP contribution in [0.25, 0.3) is 0 Å². The van der Waals surface area contributed by atoms with Gasteiger partial charge in [-0.2, -0.15) is 0 Å². The molecular weight excluding hydrogens is 238 g/mol. The number of carboxylic acids is 1. The minimum atomic E-state index is -0.971. The van der Waals surface area contributed by atoms with E-state index in [9.17, 15) is 14.9 Å². The zero-order valence-corrected chi connectivity index (χ0v) is 9.94. The SMILES string of the molecule is C[C@@H](C(=O)O)N(CCN)c1ccc([N+](=O)[O-])cc1. The fourth-order valence-electron chi connectivity index (χ4n) is 1.58. The maximum Gasteiger partial charge on any atom is 0.326 e. The van der Waals surface area contributed by atoms with E-state index in [0.29, 0.717) is 18.8 Å². The third kappa shape index (κ3) is 3.17. The number of carbonyl (C=O) groups is 1. The quantitative estimate of drug-likeness (QED) is 0.574. The molecule has 0 aliphatic carbocycles. The van der Waals surface area contributed by atoms with Gasteiger partial charge in [-0.05, 0) is 19.1 Å². The van der Waals surface area contributed by atoms with Gasteiger partial charge in [-0.1, -0.05) is 0 Å². The Morgan fingerprint density at radius 2 is 2.06 bits per heavy atom. The van der Waals surface area contributed by atoms with Crippen LogP contribution in [0, 0.1) is 10.1 Å². The van der Waals surface area contributed by atoms with Crippen molar-refractivity contribution in [1.82, 2.24) is 0 Å². The molecular formula is C11H15N3O4. The molecule has 18 heavy (non-hydrogen) atoms. The van der Waals surface area contributed by atoms with Crippen molar-refractivity contribution in [2.24, 2.45) is 5.73 Å². The van der Waals surface area contributed by atoms with Gasteiger partial charge in [-0.25, -0.2) is 4.79 Å². The summed E-state index contributed by atoms with van der Waals surface area (Å²) in [7, 11) is 0. The summed E-state index contributed by atoms with van der Waals surface area (Å²) in [5.41, 5.74) is 6.01. The van der Waals surface area contributed by atoms with Crippen LogP contribution in [0.5, 0.6) is 0 Å². The van der Waals surface area contributed by atoms with Crippen LogP contribution in [0.3, 0.4) is 0 Å². The number of nitro benzene ring substituents is 1. The zero-order valence-electron chi connectivity index (χ0n) is 9.94. The number of nitro groups is 1. The van der Waals surface area contributed by atoms with Gasteiger partial charge in [-0.15, -0.1) is 0 Å². The Hall–Kier alpha value is -2.15. The van der Waals surface area contributed by atoms with E-state index in [-0.39, 0.29) is 5.69 Å². The minimum Gasteiger partial charge on any atom is -0.480 e. The van der Waals surface area contributed by atoms with Crippen LogP contribution in [0.15, 0.2) is 24.3 Å². The molecule has 0 bridgehead atoms. The van der Waals surface area contributed by atoms with Crippen LogP contribution in [-0.2, 0) is 4.79 Å². The van der Waals surface area contributed by atoms with Crippen LogP contribution in [0.1, 0.15) is 6.92 Å². The van der Waals surface area contributed by atoms with Crippen LogP contribution in [0.4, 0.5) is 11.4 Å². The summed E-state index contributed by atoms with van der Waals surface area (Å²) in [6.07, 6.45) is 0. The molecule has 98 valence electrons. The monoisotopic (exact) mass is 253 g/mol. The summed E-state index contributed by atoms with van der Waals surface area (Å²) in [6.45, 7) is 2.21. The molecule has 0 saturated carbocycles. The first kappa shape index (κ1) is 13.9. The standard InChI is InChI=1S/C11H15N3O4/c1-8(11(15)16)13(7-6-12)9-2-4-10(5-3-9)14(17)18/h2-5,8H,6-7,12H2,1H3,(H,15,16)/t8-/m0/s1. The number of carboxylic acid groups (broad SMARTS) is 1. The van der Waals surface area contributed by atoms with E-state index < -0.39 is 16.9 Å². The van der Waals surface area contributed by atoms with E-state index in [0.717, 1.165) is 0 Å². The summed E-state index contributed by atoms with van der Waals surface area (Å²) in [5.74, 6) is -0.971. The smallest absolute Gasteiger partial charge is 0.326 e. The van der Waals surface area contributed by atoms with Crippen molar-refractivity contribution < 1.29 is 14.8 Å². The average molecular weight is 253 g/mol. The van der Waals surface area contributed by atoms with Crippen molar-refractivity contribution >= 4 is 17.3 Å². The van der Waals surface area contributed by atoms with Gasteiger partial charge >= 0.3 is 5.97 Å². The first-order chi connectivity index (χ1) is 8.47. The molecule has 1 atom stereocenters. The second kappa shape index (κ2) is 5.97. The highest BCUT2D eigenvalue weighted by molar-refractivity contribution is 5.77. The molecule has 1 aromatic carbocycles. The zero-order chi connectivity index (χ0) is 13.7. The van der Waals surface area contributed by atoms with Gasteiger partial charge in [0.1, 0.15) is 6.04 Å². The van der Waals surface area contributed by atoms with Crippen molar-refractivity contribution in [3.63, 3.8) is 0 Å². The molecule has 0 fully saturated rings. The van der Waals surface area contributed by atoms with E-state index in [2.05, 4.69) is 0 Å². The molecule has 0 radical (unpaired) electrons. The highest BCUT2D eigenvalue weighted by Gasteiger charge is 2.20. The molecule has 0 heterocycles. The molecule has 1 rings (SSSR count). The van der Waals surface area contributed by atoms with E-state index in [1.807, 2.05) is 0 Å². The van der Waals surface area contributed by atoms with Gasteiger partial charge in [0.15, 0.2) is 0 Å². The number of aliphatic carboxylic acids is 1. The first-order valence-corrected chi connectivity index (χ1v) is 5.41. The highest BCUT2D eigenvalue weighted by Crippen LogP contribution is 2.21. The lowest BCUT2D eigenvalue weighted by Crippen LogP contribution is -2.42. The Labute approximate surface area is 104 Å². The van der Waals surface area contributed by atoms with Crippen molar-refractivity contribution in [1.29, 1.82) is 0 Å². The number of hydrogen-bond donors (Lipinski definition) is 2. The molecule has 0 unspecified atom stereocenters. The molecule has 3 N–H and O–H groups in total. The number of nitrogens with two attached hydrogens (primary N) is 1. The van der Waals surface area contributed by atoms with Crippen LogP contribution in [-0.4, -0.2) is 35.1 Å². The Morgan fingerprint density at radius 3 is 2.44 bits per heavy atom. The topological polar surface area (TPSA) is 110 Å². The largest absolute Gasteiger partial charge is 0.480 e. The Balaban J connectivity index is 2.98.